The van der Waals surface area contributed by atoms with Gasteiger partial charge in [-0.1, -0.05) is 30.3 Å². The smallest absolute Gasteiger partial charge is 0.163 e. The van der Waals surface area contributed by atoms with Gasteiger partial charge < -0.3 is 9.47 Å². The summed E-state index contributed by atoms with van der Waals surface area (Å²) in [5, 5.41) is 0. The monoisotopic (exact) mass is 324 g/mol. The Morgan fingerprint density at radius 2 is 1.83 bits per heavy atom. The van der Waals surface area contributed by atoms with E-state index in [9.17, 15) is 4.79 Å². The Bertz CT molecular complexity index is 765. The number of benzene rings is 2. The number of fused-ring (bicyclic) bond motifs is 1. The number of ether oxygens (including phenoxy) is 2. The first-order chi connectivity index (χ1) is 11.4. The molecular weight excluding hydrogens is 300 g/mol. The zero-order chi connectivity index (χ0) is 17.3. The first kappa shape index (κ1) is 16.6. The molecule has 1 aliphatic heterocycles. The van der Waals surface area contributed by atoms with Crippen molar-refractivity contribution in [1.29, 1.82) is 0 Å². The normalized spacial score (nSPS) is 19.3. The van der Waals surface area contributed by atoms with E-state index in [4.69, 9.17) is 9.47 Å². The lowest BCUT2D eigenvalue weighted by Gasteiger charge is -2.34. The van der Waals surface area contributed by atoms with E-state index in [1.165, 1.54) is 5.56 Å². The number of hydrogen-bond acceptors (Lipinski definition) is 3. The lowest BCUT2D eigenvalue weighted by atomic mass is 9.88. The molecule has 0 unspecified atom stereocenters. The van der Waals surface area contributed by atoms with E-state index in [-0.39, 0.29) is 0 Å². The van der Waals surface area contributed by atoms with Crippen LogP contribution in [0.1, 0.15) is 41.2 Å². The van der Waals surface area contributed by atoms with Crippen LogP contribution in [0, 0.1) is 20.8 Å². The third-order valence-electron chi connectivity index (χ3n) is 4.99. The maximum Gasteiger partial charge on any atom is 0.163 e. The van der Waals surface area contributed by atoms with Gasteiger partial charge in [-0.25, -0.2) is 0 Å². The van der Waals surface area contributed by atoms with Gasteiger partial charge in [0, 0.05) is 5.56 Å². The van der Waals surface area contributed by atoms with Crippen LogP contribution in [0.25, 0.3) is 0 Å². The highest BCUT2D eigenvalue weighted by molar-refractivity contribution is 5.66. The largest absolute Gasteiger partial charge is 0.488 e. The van der Waals surface area contributed by atoms with Gasteiger partial charge in [0.1, 0.15) is 18.1 Å². The second kappa shape index (κ2) is 6.31. The Kier molecular flexibility index (Phi) is 4.35. The van der Waals surface area contributed by atoms with Crippen LogP contribution in [0.4, 0.5) is 0 Å². The molecule has 1 atom stereocenters. The number of aldehydes is 1. The summed E-state index contributed by atoms with van der Waals surface area (Å²) in [6.07, 6.45) is 2.45. The molecule has 3 nitrogen and oxygen atoms in total. The number of carbonyl (C=O) groups excluding carboxylic acids is 1. The van der Waals surface area contributed by atoms with Crippen LogP contribution in [0.15, 0.2) is 30.3 Å². The van der Waals surface area contributed by atoms with Gasteiger partial charge in [-0.2, -0.15) is 0 Å². The molecule has 1 heterocycles. The van der Waals surface area contributed by atoms with Crippen molar-refractivity contribution in [3.63, 3.8) is 0 Å². The highest BCUT2D eigenvalue weighted by Crippen LogP contribution is 2.43. The maximum atomic E-state index is 11.3. The molecule has 1 aliphatic rings. The second-order valence-corrected chi connectivity index (χ2v) is 6.82. The van der Waals surface area contributed by atoms with Crippen molar-refractivity contribution in [3.8, 4) is 11.5 Å². The van der Waals surface area contributed by atoms with Crippen LogP contribution in [0.5, 0.6) is 11.5 Å². The second-order valence-electron chi connectivity index (χ2n) is 6.82. The first-order valence-electron chi connectivity index (χ1n) is 8.40. The molecule has 24 heavy (non-hydrogen) atoms. The predicted octanol–water partition coefficient (Wildman–Crippen LogP) is 4.47. The van der Waals surface area contributed by atoms with Gasteiger partial charge in [0.05, 0.1) is 0 Å². The molecule has 3 rings (SSSR count). The molecule has 0 amide bonds. The summed E-state index contributed by atoms with van der Waals surface area (Å²) in [6.45, 7) is 8.58. The van der Waals surface area contributed by atoms with Crippen molar-refractivity contribution in [2.45, 2.75) is 52.7 Å². The third kappa shape index (κ3) is 2.91. The van der Waals surface area contributed by atoms with E-state index >= 15 is 0 Å². The predicted molar refractivity (Wildman–Crippen MR) is 94.8 cm³/mol. The minimum Gasteiger partial charge on any atom is -0.488 e. The van der Waals surface area contributed by atoms with E-state index in [2.05, 4.69) is 26.0 Å². The molecule has 0 aliphatic carbocycles. The summed E-state index contributed by atoms with van der Waals surface area (Å²) in [5.74, 6) is 1.80. The summed E-state index contributed by atoms with van der Waals surface area (Å²) in [7, 11) is 0. The van der Waals surface area contributed by atoms with Gasteiger partial charge in [-0.15, -0.1) is 0 Å². The van der Waals surface area contributed by atoms with E-state index in [0.717, 1.165) is 46.5 Å². The standard InChI is InChI=1S/C21H24O3/c1-14-15(2)20-18(10-11-21(4,13-22)24-20)16(3)19(14)23-12-17-8-6-5-7-9-17/h5-9,13H,10-12H2,1-4H3/t21-/m0/s1. The maximum absolute atomic E-state index is 11.3. The summed E-state index contributed by atoms with van der Waals surface area (Å²) < 4.78 is 12.2. The quantitative estimate of drug-likeness (QED) is 0.778. The van der Waals surface area contributed by atoms with Crippen molar-refractivity contribution in [2.75, 3.05) is 0 Å². The molecule has 0 fully saturated rings. The Balaban J connectivity index is 1.95. The Morgan fingerprint density at radius 1 is 1.12 bits per heavy atom. The summed E-state index contributed by atoms with van der Waals surface area (Å²) in [4.78, 5) is 11.3. The molecule has 3 heteroatoms. The summed E-state index contributed by atoms with van der Waals surface area (Å²) in [5.41, 5.74) is 4.86. The highest BCUT2D eigenvalue weighted by atomic mass is 16.5. The highest BCUT2D eigenvalue weighted by Gasteiger charge is 2.34. The fraction of sp³-hybridized carbons (Fsp3) is 0.381. The molecule has 0 saturated carbocycles. The topological polar surface area (TPSA) is 35.5 Å². The van der Waals surface area contributed by atoms with Gasteiger partial charge >= 0.3 is 0 Å². The van der Waals surface area contributed by atoms with Crippen LogP contribution in [-0.4, -0.2) is 11.9 Å². The van der Waals surface area contributed by atoms with E-state index in [1.807, 2.05) is 32.0 Å². The lowest BCUT2D eigenvalue weighted by Crippen LogP contribution is -2.38. The van der Waals surface area contributed by atoms with Crippen LogP contribution in [-0.2, 0) is 17.8 Å². The Labute approximate surface area is 143 Å². The van der Waals surface area contributed by atoms with Gasteiger partial charge in [-0.3, -0.25) is 4.79 Å². The van der Waals surface area contributed by atoms with Crippen LogP contribution in [0.2, 0.25) is 0 Å². The van der Waals surface area contributed by atoms with Crippen LogP contribution in [0.3, 0.4) is 0 Å². The van der Waals surface area contributed by atoms with Crippen molar-refractivity contribution in [3.05, 3.63) is 58.1 Å². The molecule has 2 aromatic rings. The van der Waals surface area contributed by atoms with Crippen molar-refractivity contribution < 1.29 is 14.3 Å². The van der Waals surface area contributed by atoms with Gasteiger partial charge in [-0.05, 0) is 62.8 Å². The zero-order valence-corrected chi connectivity index (χ0v) is 14.8. The minimum absolute atomic E-state index is 0.549. The molecule has 2 aromatic carbocycles. The Hall–Kier alpha value is -2.29. The van der Waals surface area contributed by atoms with Crippen LogP contribution < -0.4 is 9.47 Å². The van der Waals surface area contributed by atoms with Crippen molar-refractivity contribution >= 4 is 6.29 Å². The minimum atomic E-state index is -0.719. The van der Waals surface area contributed by atoms with Gasteiger partial charge in [0.15, 0.2) is 11.9 Å². The number of carbonyl (C=O) groups is 1. The molecule has 126 valence electrons. The van der Waals surface area contributed by atoms with E-state index in [0.29, 0.717) is 13.0 Å². The molecule has 0 N–H and O–H groups in total. The van der Waals surface area contributed by atoms with Crippen molar-refractivity contribution in [2.24, 2.45) is 0 Å². The molecule has 0 bridgehead atoms. The number of rotatable bonds is 4. The molecule has 0 saturated heterocycles. The fourth-order valence-electron chi connectivity index (χ4n) is 3.28. The average molecular weight is 324 g/mol. The summed E-state index contributed by atoms with van der Waals surface area (Å²) in [6, 6.07) is 10.2. The fourth-order valence-corrected chi connectivity index (χ4v) is 3.28. The zero-order valence-electron chi connectivity index (χ0n) is 14.8. The SMILES string of the molecule is Cc1c(C)c2c(c(C)c1OCc1ccccc1)CC[C@@](C)(C=O)O2. The lowest BCUT2D eigenvalue weighted by molar-refractivity contribution is -0.121. The first-order valence-corrected chi connectivity index (χ1v) is 8.40. The van der Waals surface area contributed by atoms with Gasteiger partial charge in [0.2, 0.25) is 0 Å². The number of hydrogen-bond donors (Lipinski definition) is 0. The molecule has 0 radical (unpaired) electrons. The van der Waals surface area contributed by atoms with E-state index < -0.39 is 5.60 Å². The third-order valence-corrected chi connectivity index (χ3v) is 4.99. The van der Waals surface area contributed by atoms with E-state index in [1.54, 1.807) is 0 Å². The molecular formula is C21H24O3. The molecule has 0 spiro atoms. The Morgan fingerprint density at radius 3 is 2.50 bits per heavy atom. The van der Waals surface area contributed by atoms with Gasteiger partial charge in [0.25, 0.3) is 0 Å². The summed E-state index contributed by atoms with van der Waals surface area (Å²) >= 11 is 0. The van der Waals surface area contributed by atoms with Crippen LogP contribution >= 0.6 is 0 Å². The average Bonchev–Trinajstić information content (AvgIpc) is 2.60. The van der Waals surface area contributed by atoms with Crippen molar-refractivity contribution in [1.82, 2.24) is 0 Å². The molecule has 0 aromatic heterocycles.